The van der Waals surface area contributed by atoms with Gasteiger partial charge in [0.1, 0.15) is 5.69 Å². The Morgan fingerprint density at radius 3 is 2.67 bits per heavy atom. The fourth-order valence-electron chi connectivity index (χ4n) is 2.67. The second kappa shape index (κ2) is 5.26. The molecule has 0 aliphatic heterocycles. The fraction of sp³-hybridized carbons (Fsp3) is 0.118. The van der Waals surface area contributed by atoms with Crippen molar-refractivity contribution in [3.63, 3.8) is 0 Å². The van der Waals surface area contributed by atoms with Crippen molar-refractivity contribution < 1.29 is 9.90 Å². The first kappa shape index (κ1) is 13.7. The maximum Gasteiger partial charge on any atom is 0.352 e. The van der Waals surface area contributed by atoms with Crippen molar-refractivity contribution in [2.24, 2.45) is 0 Å². The van der Waals surface area contributed by atoms with Gasteiger partial charge in [0.15, 0.2) is 0 Å². The molecule has 0 saturated carbocycles. The molecule has 0 atom stereocenters. The number of aromatic nitrogens is 1. The molecule has 0 spiro atoms. The largest absolute Gasteiger partial charge is 0.477 e. The van der Waals surface area contributed by atoms with Crippen molar-refractivity contribution in [2.75, 3.05) is 0 Å². The molecular weight excluding hydrogens is 286 g/mol. The van der Waals surface area contributed by atoms with Crippen LogP contribution in [0.15, 0.2) is 48.5 Å². The minimum atomic E-state index is -0.923. The lowest BCUT2D eigenvalue weighted by Gasteiger charge is -2.10. The lowest BCUT2D eigenvalue weighted by atomic mass is 10.1. The third-order valence-electron chi connectivity index (χ3n) is 3.57. The molecule has 0 fully saturated rings. The smallest absolute Gasteiger partial charge is 0.352 e. The number of fused-ring (bicyclic) bond motifs is 1. The molecule has 2 aromatic carbocycles. The van der Waals surface area contributed by atoms with Crippen molar-refractivity contribution in [2.45, 2.75) is 13.5 Å². The number of hydrogen-bond donors (Lipinski definition) is 1. The van der Waals surface area contributed by atoms with Crippen LogP contribution in [0.1, 0.15) is 21.6 Å². The number of halogens is 1. The van der Waals surface area contributed by atoms with Crippen LogP contribution in [0, 0.1) is 6.92 Å². The zero-order valence-electron chi connectivity index (χ0n) is 11.5. The van der Waals surface area contributed by atoms with Crippen LogP contribution in [0.25, 0.3) is 10.9 Å². The van der Waals surface area contributed by atoms with Crippen LogP contribution in [-0.4, -0.2) is 15.6 Å². The summed E-state index contributed by atoms with van der Waals surface area (Å²) in [6.07, 6.45) is 0. The van der Waals surface area contributed by atoms with Crippen LogP contribution in [-0.2, 0) is 6.54 Å². The Bertz CT molecular complexity index is 836. The molecule has 4 heteroatoms. The number of carboxylic acids is 1. The number of benzene rings is 2. The van der Waals surface area contributed by atoms with E-state index in [4.69, 9.17) is 11.6 Å². The highest BCUT2D eigenvalue weighted by atomic mass is 35.5. The summed E-state index contributed by atoms with van der Waals surface area (Å²) < 4.78 is 1.83. The molecule has 106 valence electrons. The normalized spacial score (nSPS) is 11.0. The molecule has 3 rings (SSSR count). The van der Waals surface area contributed by atoms with Gasteiger partial charge in [-0.2, -0.15) is 0 Å². The van der Waals surface area contributed by atoms with Crippen molar-refractivity contribution >= 4 is 28.5 Å². The molecule has 0 radical (unpaired) electrons. The van der Waals surface area contributed by atoms with Crippen molar-refractivity contribution in [3.05, 3.63) is 70.4 Å². The van der Waals surface area contributed by atoms with E-state index in [9.17, 15) is 9.90 Å². The first-order chi connectivity index (χ1) is 10.1. The Kier molecular flexibility index (Phi) is 3.43. The lowest BCUT2D eigenvalue weighted by Crippen LogP contribution is -2.09. The quantitative estimate of drug-likeness (QED) is 0.781. The van der Waals surface area contributed by atoms with Crippen molar-refractivity contribution in [3.8, 4) is 0 Å². The molecule has 0 aliphatic rings. The van der Waals surface area contributed by atoms with Gasteiger partial charge in [0, 0.05) is 17.0 Å². The summed E-state index contributed by atoms with van der Waals surface area (Å²) >= 11 is 6.01. The van der Waals surface area contributed by atoms with E-state index in [2.05, 4.69) is 0 Å². The van der Waals surface area contributed by atoms with E-state index in [1.54, 1.807) is 6.07 Å². The second-order valence-corrected chi connectivity index (χ2v) is 5.50. The number of para-hydroxylation sites is 1. The first-order valence-corrected chi connectivity index (χ1v) is 7.00. The molecule has 3 nitrogen and oxygen atoms in total. The van der Waals surface area contributed by atoms with Gasteiger partial charge in [-0.05, 0) is 36.2 Å². The van der Waals surface area contributed by atoms with Crippen LogP contribution in [0.4, 0.5) is 0 Å². The van der Waals surface area contributed by atoms with Gasteiger partial charge in [-0.15, -0.1) is 0 Å². The Balaban J connectivity index is 2.20. The zero-order valence-corrected chi connectivity index (χ0v) is 12.3. The summed E-state index contributed by atoms with van der Waals surface area (Å²) in [5, 5.41) is 11.0. The highest BCUT2D eigenvalue weighted by Gasteiger charge is 2.16. The van der Waals surface area contributed by atoms with Gasteiger partial charge in [-0.25, -0.2) is 4.79 Å². The average Bonchev–Trinajstić information content (AvgIpc) is 2.79. The highest BCUT2D eigenvalue weighted by Crippen LogP contribution is 2.25. The van der Waals surface area contributed by atoms with Crippen LogP contribution in [0.5, 0.6) is 0 Å². The minimum Gasteiger partial charge on any atom is -0.477 e. The minimum absolute atomic E-state index is 0.291. The zero-order chi connectivity index (χ0) is 15.0. The van der Waals surface area contributed by atoms with Gasteiger partial charge in [-0.1, -0.05) is 41.9 Å². The number of nitrogens with zero attached hydrogens (tertiary/aromatic N) is 1. The summed E-state index contributed by atoms with van der Waals surface area (Å²) in [6.45, 7) is 2.47. The maximum absolute atomic E-state index is 11.5. The van der Waals surface area contributed by atoms with Crippen LogP contribution >= 0.6 is 11.6 Å². The summed E-state index contributed by atoms with van der Waals surface area (Å²) in [7, 11) is 0. The van der Waals surface area contributed by atoms with E-state index >= 15 is 0 Å². The summed E-state index contributed by atoms with van der Waals surface area (Å²) in [6, 6.07) is 15.1. The molecular formula is C17H14ClNO2. The maximum atomic E-state index is 11.5. The fourth-order valence-corrected chi connectivity index (χ4v) is 2.88. The van der Waals surface area contributed by atoms with Gasteiger partial charge < -0.3 is 9.67 Å². The number of rotatable bonds is 3. The molecule has 0 unspecified atom stereocenters. The third kappa shape index (κ3) is 2.52. The summed E-state index contributed by atoms with van der Waals surface area (Å²) in [5.74, 6) is -0.923. The Labute approximate surface area is 127 Å². The van der Waals surface area contributed by atoms with Gasteiger partial charge in [0.25, 0.3) is 0 Å². The lowest BCUT2D eigenvalue weighted by molar-refractivity contribution is 0.0686. The van der Waals surface area contributed by atoms with E-state index in [1.807, 2.05) is 54.0 Å². The van der Waals surface area contributed by atoms with Crippen LogP contribution in [0.3, 0.4) is 0 Å². The molecule has 1 N–H and O–H groups in total. The monoisotopic (exact) mass is 299 g/mol. The second-order valence-electron chi connectivity index (χ2n) is 5.06. The molecule has 0 saturated heterocycles. The molecule has 21 heavy (non-hydrogen) atoms. The van der Waals surface area contributed by atoms with E-state index in [0.29, 0.717) is 17.3 Å². The predicted octanol–water partition coefficient (Wildman–Crippen LogP) is 4.35. The van der Waals surface area contributed by atoms with E-state index < -0.39 is 5.97 Å². The van der Waals surface area contributed by atoms with Gasteiger partial charge in [0.2, 0.25) is 0 Å². The topological polar surface area (TPSA) is 42.2 Å². The number of carboxylic acid groups (broad SMARTS) is 1. The van der Waals surface area contributed by atoms with E-state index in [-0.39, 0.29) is 0 Å². The van der Waals surface area contributed by atoms with E-state index in [0.717, 1.165) is 22.0 Å². The molecule has 3 aromatic rings. The number of aromatic carboxylic acids is 1. The molecule has 0 bridgehead atoms. The summed E-state index contributed by atoms with van der Waals surface area (Å²) in [4.78, 5) is 11.5. The Morgan fingerprint density at radius 2 is 1.95 bits per heavy atom. The van der Waals surface area contributed by atoms with Gasteiger partial charge in [0.05, 0.1) is 5.52 Å². The summed E-state index contributed by atoms with van der Waals surface area (Å²) in [5.41, 5.74) is 3.28. The number of hydrogen-bond acceptors (Lipinski definition) is 1. The molecule has 1 heterocycles. The Hall–Kier alpha value is -2.26. The van der Waals surface area contributed by atoms with Crippen LogP contribution < -0.4 is 0 Å². The molecule has 0 amide bonds. The third-order valence-corrected chi connectivity index (χ3v) is 3.81. The average molecular weight is 300 g/mol. The van der Waals surface area contributed by atoms with Gasteiger partial charge in [-0.3, -0.25) is 0 Å². The highest BCUT2D eigenvalue weighted by molar-refractivity contribution is 6.30. The Morgan fingerprint density at radius 1 is 1.19 bits per heavy atom. The standard InChI is InChI=1S/C17H14ClNO2/c1-11-4-2-6-13-9-15(17(20)21)19(16(11)13)10-12-5-3-7-14(18)8-12/h2-9H,10H2,1H3,(H,20,21). The number of carbonyl (C=O) groups is 1. The predicted molar refractivity (Wildman–Crippen MR) is 84.2 cm³/mol. The van der Waals surface area contributed by atoms with Crippen LogP contribution in [0.2, 0.25) is 5.02 Å². The van der Waals surface area contributed by atoms with Crippen molar-refractivity contribution in [1.29, 1.82) is 0 Å². The van der Waals surface area contributed by atoms with E-state index in [1.165, 1.54) is 0 Å². The number of aryl methyl sites for hydroxylation is 1. The first-order valence-electron chi connectivity index (χ1n) is 6.63. The molecule has 1 aromatic heterocycles. The van der Waals surface area contributed by atoms with Gasteiger partial charge >= 0.3 is 5.97 Å². The molecule has 0 aliphatic carbocycles. The van der Waals surface area contributed by atoms with Crippen molar-refractivity contribution in [1.82, 2.24) is 4.57 Å². The SMILES string of the molecule is Cc1cccc2cc(C(=O)O)n(Cc3cccc(Cl)c3)c12.